The molecule has 2 aliphatic rings. The monoisotopic (exact) mass is 400 g/mol. The van der Waals surface area contributed by atoms with E-state index >= 15 is 0 Å². The number of likely N-dealkylation sites (tertiary alicyclic amines) is 1. The molecule has 7 nitrogen and oxygen atoms in total. The van der Waals surface area contributed by atoms with Crippen LogP contribution in [0.4, 0.5) is 0 Å². The molecule has 158 valence electrons. The van der Waals surface area contributed by atoms with Crippen molar-refractivity contribution in [2.75, 3.05) is 46.0 Å². The highest BCUT2D eigenvalue weighted by molar-refractivity contribution is 5.33. The van der Waals surface area contributed by atoms with Gasteiger partial charge < -0.3 is 14.0 Å². The zero-order valence-electron chi connectivity index (χ0n) is 17.4. The van der Waals surface area contributed by atoms with E-state index in [9.17, 15) is 0 Å². The van der Waals surface area contributed by atoms with Crippen molar-refractivity contribution in [3.63, 3.8) is 0 Å². The zero-order valence-corrected chi connectivity index (χ0v) is 17.4. The summed E-state index contributed by atoms with van der Waals surface area (Å²) in [5, 5.41) is 3.96. The van der Waals surface area contributed by atoms with Gasteiger partial charge in [-0.2, -0.15) is 4.98 Å². The Labute approximate surface area is 173 Å². The minimum atomic E-state index is 0.206. The minimum absolute atomic E-state index is 0.206. The van der Waals surface area contributed by atoms with Crippen LogP contribution in [0, 0.1) is 6.92 Å². The topological polar surface area (TPSA) is 63.9 Å². The Morgan fingerprint density at radius 1 is 1.14 bits per heavy atom. The molecule has 1 aromatic carbocycles. The fraction of sp³-hybridized carbons (Fsp3) is 0.636. The first-order valence-electron chi connectivity index (χ1n) is 10.8. The molecule has 1 aromatic heterocycles. The van der Waals surface area contributed by atoms with E-state index in [4.69, 9.17) is 14.0 Å². The van der Waals surface area contributed by atoms with E-state index in [2.05, 4.69) is 44.2 Å². The van der Waals surface area contributed by atoms with Crippen molar-refractivity contribution in [2.45, 2.75) is 45.2 Å². The molecule has 29 heavy (non-hydrogen) atoms. The number of nitrogens with zero attached hydrogens (tertiary/aromatic N) is 4. The summed E-state index contributed by atoms with van der Waals surface area (Å²) in [7, 11) is 0. The number of morpholine rings is 1. The molecule has 1 atom stereocenters. The van der Waals surface area contributed by atoms with Crippen LogP contribution in [0.5, 0.6) is 5.75 Å². The highest BCUT2D eigenvalue weighted by atomic mass is 16.5. The highest BCUT2D eigenvalue weighted by Gasteiger charge is 2.30. The number of aryl methyl sites for hydroxylation is 1. The molecule has 0 unspecified atom stereocenters. The molecule has 2 aliphatic heterocycles. The van der Waals surface area contributed by atoms with Gasteiger partial charge in [-0.05, 0) is 51.8 Å². The van der Waals surface area contributed by atoms with Crippen LogP contribution in [-0.4, -0.2) is 65.9 Å². The van der Waals surface area contributed by atoms with Crippen molar-refractivity contribution >= 4 is 0 Å². The number of hydrogen-bond acceptors (Lipinski definition) is 7. The molecule has 3 heterocycles. The molecule has 0 N–H and O–H groups in total. The van der Waals surface area contributed by atoms with E-state index in [1.165, 1.54) is 5.56 Å². The van der Waals surface area contributed by atoms with Gasteiger partial charge in [-0.15, -0.1) is 0 Å². The standard InChI is InChI=1S/C22H32N4O3/c1-18-23-22(29-24-18)20-8-6-11-26(20)17-19-7-2-3-9-21(19)28-14-5-4-10-25-12-15-27-16-13-25/h2-3,7,9,20H,4-6,8,10-17H2,1H3/t20-/m1/s1. The Morgan fingerprint density at radius 3 is 2.83 bits per heavy atom. The minimum Gasteiger partial charge on any atom is -0.493 e. The van der Waals surface area contributed by atoms with Crippen molar-refractivity contribution in [3.8, 4) is 5.75 Å². The molecule has 0 aliphatic carbocycles. The molecule has 4 rings (SSSR count). The second-order valence-corrected chi connectivity index (χ2v) is 7.93. The van der Waals surface area contributed by atoms with Crippen LogP contribution in [0.15, 0.2) is 28.8 Å². The maximum Gasteiger partial charge on any atom is 0.243 e. The average molecular weight is 401 g/mol. The number of benzene rings is 1. The lowest BCUT2D eigenvalue weighted by molar-refractivity contribution is 0.0368. The first-order chi connectivity index (χ1) is 14.3. The van der Waals surface area contributed by atoms with Crippen LogP contribution in [0.25, 0.3) is 0 Å². The lowest BCUT2D eigenvalue weighted by Crippen LogP contribution is -2.36. The van der Waals surface area contributed by atoms with Gasteiger partial charge in [0.05, 0.1) is 25.9 Å². The largest absolute Gasteiger partial charge is 0.493 e. The molecule has 2 saturated heterocycles. The SMILES string of the molecule is Cc1noc([C@H]2CCCN2Cc2ccccc2OCCCCN2CCOCC2)n1. The van der Waals surface area contributed by atoms with Gasteiger partial charge in [0.25, 0.3) is 0 Å². The van der Waals surface area contributed by atoms with Gasteiger partial charge in [-0.25, -0.2) is 0 Å². The maximum atomic E-state index is 6.16. The molecule has 7 heteroatoms. The van der Waals surface area contributed by atoms with Gasteiger partial charge >= 0.3 is 0 Å². The zero-order chi connectivity index (χ0) is 19.9. The molecular formula is C22H32N4O3. The van der Waals surface area contributed by atoms with E-state index in [0.717, 1.165) is 89.9 Å². The lowest BCUT2D eigenvalue weighted by Gasteiger charge is -2.26. The number of unbranched alkanes of at least 4 members (excludes halogenated alkanes) is 1. The quantitative estimate of drug-likeness (QED) is 0.599. The van der Waals surface area contributed by atoms with E-state index < -0.39 is 0 Å². The third-order valence-corrected chi connectivity index (χ3v) is 5.77. The first-order valence-corrected chi connectivity index (χ1v) is 10.8. The number of aromatic nitrogens is 2. The maximum absolute atomic E-state index is 6.16. The van der Waals surface area contributed by atoms with Crippen LogP contribution in [-0.2, 0) is 11.3 Å². The van der Waals surface area contributed by atoms with Crippen molar-refractivity contribution in [2.24, 2.45) is 0 Å². The van der Waals surface area contributed by atoms with Crippen molar-refractivity contribution in [3.05, 3.63) is 41.5 Å². The molecule has 2 aromatic rings. The molecule has 0 radical (unpaired) electrons. The van der Waals surface area contributed by atoms with Crippen LogP contribution in [0.2, 0.25) is 0 Å². The van der Waals surface area contributed by atoms with Crippen molar-refractivity contribution in [1.29, 1.82) is 0 Å². The van der Waals surface area contributed by atoms with E-state index in [1.807, 2.05) is 6.92 Å². The smallest absolute Gasteiger partial charge is 0.243 e. The first kappa shape index (κ1) is 20.3. The average Bonchev–Trinajstić information content (AvgIpc) is 3.38. The summed E-state index contributed by atoms with van der Waals surface area (Å²) in [6, 6.07) is 8.59. The Hall–Kier alpha value is -1.96. The fourth-order valence-corrected chi connectivity index (χ4v) is 4.18. The predicted octanol–water partition coefficient (Wildman–Crippen LogP) is 3.21. The van der Waals surface area contributed by atoms with Gasteiger partial charge in [-0.3, -0.25) is 9.80 Å². The number of rotatable bonds is 9. The van der Waals surface area contributed by atoms with Gasteiger partial charge in [0.2, 0.25) is 5.89 Å². The van der Waals surface area contributed by atoms with E-state index in [-0.39, 0.29) is 6.04 Å². The molecule has 0 amide bonds. The summed E-state index contributed by atoms with van der Waals surface area (Å²) in [6.45, 7) is 9.49. The van der Waals surface area contributed by atoms with Crippen molar-refractivity contribution in [1.82, 2.24) is 19.9 Å². The Balaban J connectivity index is 1.27. The van der Waals surface area contributed by atoms with Crippen LogP contribution in [0.3, 0.4) is 0 Å². The predicted molar refractivity (Wildman–Crippen MR) is 110 cm³/mol. The summed E-state index contributed by atoms with van der Waals surface area (Å²) in [6.07, 6.45) is 4.44. The molecule has 0 saturated carbocycles. The third-order valence-electron chi connectivity index (χ3n) is 5.77. The van der Waals surface area contributed by atoms with Gasteiger partial charge in [0.15, 0.2) is 5.82 Å². The number of ether oxygens (including phenoxy) is 2. The van der Waals surface area contributed by atoms with Gasteiger partial charge in [-0.1, -0.05) is 23.4 Å². The number of hydrogen-bond donors (Lipinski definition) is 0. The van der Waals surface area contributed by atoms with E-state index in [1.54, 1.807) is 0 Å². The van der Waals surface area contributed by atoms with Crippen LogP contribution in [0.1, 0.15) is 49.0 Å². The number of para-hydroxylation sites is 1. The second-order valence-electron chi connectivity index (χ2n) is 7.93. The van der Waals surface area contributed by atoms with Gasteiger partial charge in [0, 0.05) is 25.2 Å². The fourth-order valence-electron chi connectivity index (χ4n) is 4.18. The van der Waals surface area contributed by atoms with Crippen LogP contribution < -0.4 is 4.74 Å². The molecule has 0 spiro atoms. The summed E-state index contributed by atoms with van der Waals surface area (Å²) < 4.78 is 17.0. The normalized spacial score (nSPS) is 20.9. The summed E-state index contributed by atoms with van der Waals surface area (Å²) >= 11 is 0. The second kappa shape index (κ2) is 10.2. The van der Waals surface area contributed by atoms with E-state index in [0.29, 0.717) is 5.82 Å². The summed E-state index contributed by atoms with van der Waals surface area (Å²) in [4.78, 5) is 9.35. The van der Waals surface area contributed by atoms with Gasteiger partial charge in [0.1, 0.15) is 5.75 Å². The Morgan fingerprint density at radius 2 is 2.00 bits per heavy atom. The Bertz CT molecular complexity index is 760. The summed E-state index contributed by atoms with van der Waals surface area (Å²) in [5.41, 5.74) is 1.23. The van der Waals surface area contributed by atoms with Crippen molar-refractivity contribution < 1.29 is 14.0 Å². The summed E-state index contributed by atoms with van der Waals surface area (Å²) in [5.74, 6) is 2.43. The third kappa shape index (κ3) is 5.56. The molecule has 0 bridgehead atoms. The van der Waals surface area contributed by atoms with Crippen LogP contribution >= 0.6 is 0 Å². The molecule has 2 fully saturated rings. The Kier molecular flexibility index (Phi) is 7.14. The molecular weight excluding hydrogens is 368 g/mol. The lowest BCUT2D eigenvalue weighted by atomic mass is 10.1. The highest BCUT2D eigenvalue weighted by Crippen LogP contribution is 2.33.